The van der Waals surface area contributed by atoms with E-state index in [1.807, 2.05) is 0 Å². The van der Waals surface area contributed by atoms with Gasteiger partial charge in [0.2, 0.25) is 11.8 Å². The largest absolute Gasteiger partial charge is 0.394 e. The van der Waals surface area contributed by atoms with Gasteiger partial charge in [-0.2, -0.15) is 0 Å². The summed E-state index contributed by atoms with van der Waals surface area (Å²) in [7, 11) is 0. The number of nitrogens with one attached hydrogen (secondary N) is 2. The first kappa shape index (κ1) is 25.8. The third-order valence-corrected chi connectivity index (χ3v) is 4.96. The number of amides is 2. The van der Waals surface area contributed by atoms with Gasteiger partial charge >= 0.3 is 0 Å². The molecule has 10 atom stereocenters. The summed E-state index contributed by atoms with van der Waals surface area (Å²) in [4.78, 5) is 22.3. The molecule has 0 radical (unpaired) electrons. The zero-order valence-electron chi connectivity index (χ0n) is 16.4. The maximum absolute atomic E-state index is 11.6. The summed E-state index contributed by atoms with van der Waals surface area (Å²) in [5, 5.41) is 69.3. The summed E-state index contributed by atoms with van der Waals surface area (Å²) in [6, 6.07) is 0. The molecular weight excluding hydrogens is 426 g/mol. The highest BCUT2D eigenvalue weighted by atomic mass is 16.7. The van der Waals surface area contributed by atoms with Crippen LogP contribution < -0.4 is 16.6 Å². The van der Waals surface area contributed by atoms with E-state index in [1.165, 1.54) is 0 Å². The lowest BCUT2D eigenvalue weighted by Gasteiger charge is -2.46. The van der Waals surface area contributed by atoms with Crippen LogP contribution in [0.2, 0.25) is 0 Å². The van der Waals surface area contributed by atoms with Crippen LogP contribution in [0.5, 0.6) is 0 Å². The topological polar surface area (TPSA) is 254 Å². The van der Waals surface area contributed by atoms with Crippen molar-refractivity contribution < 1.29 is 59.5 Å². The summed E-state index contributed by atoms with van der Waals surface area (Å²) < 4.78 is 16.0. The van der Waals surface area contributed by atoms with Gasteiger partial charge in [-0.05, 0) is 0 Å². The van der Waals surface area contributed by atoms with Crippen molar-refractivity contribution in [3.63, 3.8) is 0 Å². The lowest BCUT2D eigenvalue weighted by atomic mass is 9.96. The van der Waals surface area contributed by atoms with E-state index in [9.17, 15) is 45.3 Å². The highest BCUT2D eigenvalue weighted by Gasteiger charge is 2.50. The molecule has 2 fully saturated rings. The summed E-state index contributed by atoms with van der Waals surface area (Å²) in [6.07, 6.45) is -16.1. The van der Waals surface area contributed by atoms with Gasteiger partial charge in [0.05, 0.1) is 13.2 Å². The second-order valence-electron chi connectivity index (χ2n) is 7.22. The van der Waals surface area contributed by atoms with Crippen molar-refractivity contribution in [2.24, 2.45) is 5.73 Å². The number of carbonyl (C=O) groups excluding carboxylic acids is 2. The Labute approximate surface area is 176 Å². The van der Waals surface area contributed by atoms with Gasteiger partial charge in [0, 0.05) is 12.8 Å². The minimum absolute atomic E-state index is 0.210. The molecule has 31 heavy (non-hydrogen) atoms. The van der Waals surface area contributed by atoms with E-state index in [1.54, 1.807) is 0 Å². The predicted molar refractivity (Wildman–Crippen MR) is 96.1 cm³/mol. The van der Waals surface area contributed by atoms with Crippen LogP contribution in [-0.4, -0.2) is 122 Å². The first-order valence-electron chi connectivity index (χ1n) is 9.51. The van der Waals surface area contributed by atoms with Gasteiger partial charge in [-0.1, -0.05) is 0 Å². The molecule has 2 aliphatic rings. The Morgan fingerprint density at radius 2 is 1.48 bits per heavy atom. The number of carbonyl (C=O) groups is 2. The van der Waals surface area contributed by atoms with Gasteiger partial charge in [0.1, 0.15) is 48.8 Å². The molecular formula is C16H29N3O12. The smallest absolute Gasteiger partial charge is 0.234 e. The summed E-state index contributed by atoms with van der Waals surface area (Å²) in [5.41, 5.74) is 9.42. The van der Waals surface area contributed by atoms with Crippen LogP contribution >= 0.6 is 0 Å². The molecule has 0 bridgehead atoms. The van der Waals surface area contributed by atoms with E-state index in [2.05, 4.69) is 10.9 Å². The predicted octanol–water partition coefficient (Wildman–Crippen LogP) is -6.50. The molecule has 0 saturated carbocycles. The first-order valence-corrected chi connectivity index (χ1v) is 9.51. The number of hydrogen-bond acceptors (Lipinski definition) is 13. The van der Waals surface area contributed by atoms with Gasteiger partial charge in [-0.25, -0.2) is 5.43 Å². The molecule has 0 unspecified atom stereocenters. The molecule has 2 saturated heterocycles. The van der Waals surface area contributed by atoms with E-state index in [-0.39, 0.29) is 12.8 Å². The highest BCUT2D eigenvalue weighted by molar-refractivity contribution is 5.82. The van der Waals surface area contributed by atoms with E-state index >= 15 is 0 Å². The fourth-order valence-electron chi connectivity index (χ4n) is 3.16. The van der Waals surface area contributed by atoms with Gasteiger partial charge in [0.15, 0.2) is 12.5 Å². The zero-order chi connectivity index (χ0) is 23.3. The zero-order valence-corrected chi connectivity index (χ0v) is 16.4. The minimum atomic E-state index is -1.78. The number of nitrogens with two attached hydrogens (primary N) is 1. The van der Waals surface area contributed by atoms with Crippen molar-refractivity contribution in [3.8, 4) is 0 Å². The minimum Gasteiger partial charge on any atom is -0.394 e. The molecule has 2 rings (SSSR count). The average Bonchev–Trinajstić information content (AvgIpc) is 2.74. The lowest BCUT2D eigenvalue weighted by Crippen LogP contribution is -2.67. The third-order valence-electron chi connectivity index (χ3n) is 4.96. The van der Waals surface area contributed by atoms with Gasteiger partial charge in [0.25, 0.3) is 0 Å². The van der Waals surface area contributed by atoms with Crippen molar-refractivity contribution in [2.45, 2.75) is 74.2 Å². The van der Waals surface area contributed by atoms with Crippen molar-refractivity contribution in [2.75, 3.05) is 13.2 Å². The van der Waals surface area contributed by atoms with E-state index < -0.39 is 86.4 Å². The molecule has 180 valence electrons. The number of hydrazine groups is 1. The molecule has 0 aliphatic carbocycles. The Morgan fingerprint density at radius 1 is 0.839 bits per heavy atom. The van der Waals surface area contributed by atoms with Crippen LogP contribution in [0.3, 0.4) is 0 Å². The van der Waals surface area contributed by atoms with Gasteiger partial charge in [-0.15, -0.1) is 0 Å². The maximum atomic E-state index is 11.6. The molecule has 11 N–H and O–H groups in total. The van der Waals surface area contributed by atoms with E-state index in [0.717, 1.165) is 0 Å². The Balaban J connectivity index is 2.00. The number of ether oxygens (including phenoxy) is 3. The summed E-state index contributed by atoms with van der Waals surface area (Å²) in [6.45, 7) is -1.43. The van der Waals surface area contributed by atoms with E-state index in [0.29, 0.717) is 0 Å². The third kappa shape index (κ3) is 6.27. The monoisotopic (exact) mass is 455 g/mol. The fourth-order valence-corrected chi connectivity index (χ4v) is 3.16. The maximum Gasteiger partial charge on any atom is 0.234 e. The van der Waals surface area contributed by atoms with Crippen LogP contribution in [0.25, 0.3) is 0 Å². The van der Waals surface area contributed by atoms with Crippen LogP contribution in [0.4, 0.5) is 0 Å². The highest BCUT2D eigenvalue weighted by Crippen LogP contribution is 2.28. The van der Waals surface area contributed by atoms with Crippen molar-refractivity contribution in [3.05, 3.63) is 0 Å². The summed E-state index contributed by atoms with van der Waals surface area (Å²) in [5.74, 6) is -1.34. The molecule has 0 aromatic carbocycles. The van der Waals surface area contributed by atoms with Crippen LogP contribution in [0.15, 0.2) is 0 Å². The van der Waals surface area contributed by atoms with Crippen molar-refractivity contribution in [1.82, 2.24) is 10.9 Å². The number of aliphatic hydroxyl groups is 7. The SMILES string of the molecule is NC(=O)CCC(=O)NN[C@@H]1O[C@H](CO)[C@@H](O[C@@H]2O[C@H](CO)[C@H](O)[C@H](O)[C@H]2O)[C@H](O)[C@H]1O. The van der Waals surface area contributed by atoms with Crippen molar-refractivity contribution >= 4 is 11.8 Å². The Bertz CT molecular complexity index is 608. The van der Waals surface area contributed by atoms with Crippen LogP contribution in [0.1, 0.15) is 12.8 Å². The van der Waals surface area contributed by atoms with E-state index in [4.69, 9.17) is 19.9 Å². The Hall–Kier alpha value is -1.50. The van der Waals surface area contributed by atoms with Crippen molar-refractivity contribution in [1.29, 1.82) is 0 Å². The number of primary amides is 1. The average molecular weight is 455 g/mol. The standard InChI is InChI=1S/C16H29N3O12/c17-7(22)1-2-8(23)18-19-15-12(27)11(26)14(6(4-21)29-15)31-16-13(28)10(25)9(24)5(3-20)30-16/h5-6,9-16,19-21,24-28H,1-4H2,(H2,17,22)(H,18,23)/t5-,6-,9+,10+,11-,12-,13-,14-,15-,16+/m1/s1. The Morgan fingerprint density at radius 3 is 2.06 bits per heavy atom. The second kappa shape index (κ2) is 11.4. The fraction of sp³-hybridized carbons (Fsp3) is 0.875. The number of hydrogen-bond donors (Lipinski definition) is 10. The first-order chi connectivity index (χ1) is 14.6. The summed E-state index contributed by atoms with van der Waals surface area (Å²) >= 11 is 0. The molecule has 2 amide bonds. The Kier molecular flexibility index (Phi) is 9.46. The van der Waals surface area contributed by atoms with Gasteiger partial charge < -0.3 is 55.7 Å². The van der Waals surface area contributed by atoms with Crippen LogP contribution in [-0.2, 0) is 23.8 Å². The molecule has 15 nitrogen and oxygen atoms in total. The molecule has 15 heteroatoms. The van der Waals surface area contributed by atoms with Crippen LogP contribution in [0, 0.1) is 0 Å². The molecule has 0 aromatic rings. The molecule has 0 spiro atoms. The number of aliphatic hydroxyl groups excluding tert-OH is 7. The van der Waals surface area contributed by atoms with Gasteiger partial charge in [-0.3, -0.25) is 15.0 Å². The molecule has 2 heterocycles. The second-order valence-corrected chi connectivity index (χ2v) is 7.22. The quantitative estimate of drug-likeness (QED) is 0.145. The lowest BCUT2D eigenvalue weighted by molar-refractivity contribution is -0.343. The molecule has 2 aliphatic heterocycles. The molecule has 0 aromatic heterocycles. The normalized spacial score (nSPS) is 41.0. The number of rotatable bonds is 9.